The van der Waals surface area contributed by atoms with Crippen LogP contribution in [0.3, 0.4) is 0 Å². The molecule has 0 spiro atoms. The van der Waals surface area contributed by atoms with Gasteiger partial charge in [0.25, 0.3) is 0 Å². The molecule has 0 bridgehead atoms. The number of rotatable bonds is 6. The smallest absolute Gasteiger partial charge is 0.409 e. The van der Waals surface area contributed by atoms with Crippen LogP contribution in [0, 0.1) is 0 Å². The molecule has 0 fully saturated rings. The lowest BCUT2D eigenvalue weighted by atomic mass is 9.98. The van der Waals surface area contributed by atoms with Gasteiger partial charge in [-0.1, -0.05) is 55.5 Å². The summed E-state index contributed by atoms with van der Waals surface area (Å²) >= 11 is 0. The maximum Gasteiger partial charge on any atom is 0.417 e. The third kappa shape index (κ3) is 6.58. The van der Waals surface area contributed by atoms with E-state index >= 15 is 0 Å². The van der Waals surface area contributed by atoms with Crippen LogP contribution in [0.25, 0.3) is 11.1 Å². The molecule has 1 aliphatic heterocycles. The molecule has 1 aliphatic rings. The van der Waals surface area contributed by atoms with Crippen molar-refractivity contribution in [1.29, 1.82) is 0 Å². The Morgan fingerprint density at radius 1 is 1.00 bits per heavy atom. The molecule has 0 saturated heterocycles. The number of fused-ring (bicyclic) bond motifs is 1. The van der Waals surface area contributed by atoms with Crippen LogP contribution >= 0.6 is 0 Å². The van der Waals surface area contributed by atoms with Crippen molar-refractivity contribution in [2.75, 3.05) is 11.9 Å². The second kappa shape index (κ2) is 11.3. The highest BCUT2D eigenvalue weighted by molar-refractivity contribution is 5.88. The minimum Gasteiger partial charge on any atom is -0.409 e. The first kappa shape index (κ1) is 26.0. The van der Waals surface area contributed by atoms with E-state index in [4.69, 9.17) is 4.74 Å². The minimum absolute atomic E-state index is 0.0906. The lowest BCUT2D eigenvalue weighted by Crippen LogP contribution is -2.35. The van der Waals surface area contributed by atoms with Gasteiger partial charge in [0.05, 0.1) is 5.56 Å². The van der Waals surface area contributed by atoms with Gasteiger partial charge in [-0.05, 0) is 59.9 Å². The third-order valence-corrected chi connectivity index (χ3v) is 6.13. The van der Waals surface area contributed by atoms with Crippen molar-refractivity contribution >= 4 is 17.7 Å². The number of allylic oxidation sites excluding steroid dienone is 1. The van der Waals surface area contributed by atoms with E-state index in [-0.39, 0.29) is 11.7 Å². The summed E-state index contributed by atoms with van der Waals surface area (Å²) in [6, 6.07) is 16.9. The zero-order chi connectivity index (χ0) is 26.4. The zero-order valence-electron chi connectivity index (χ0n) is 20.3. The number of nitrogens with one attached hydrogen (secondary N) is 1. The van der Waals surface area contributed by atoms with Crippen LogP contribution in [0.15, 0.2) is 78.9 Å². The van der Waals surface area contributed by atoms with E-state index in [1.54, 1.807) is 30.3 Å². The predicted molar refractivity (Wildman–Crippen MR) is 136 cm³/mol. The summed E-state index contributed by atoms with van der Waals surface area (Å²) in [7, 11) is 0. The highest BCUT2D eigenvalue weighted by Crippen LogP contribution is 2.34. The van der Waals surface area contributed by atoms with Crippen LogP contribution in [0.5, 0.6) is 5.75 Å². The summed E-state index contributed by atoms with van der Waals surface area (Å²) in [5.74, 6) is 0.317. The standard InChI is InChI=1S/C29H27F3N2O3/c1-2-3-4-9-27(35)34-17-16-21-18-24(15-12-22(21)19-34)33-28(36)37-26-8-6-5-7-25(26)20-10-13-23(14-11-20)29(30,31)32/h3-8,10-15,18H,2,9,16-17,19H2,1H3,(H,33,36). The molecule has 0 radical (unpaired) electrons. The third-order valence-electron chi connectivity index (χ3n) is 6.13. The fourth-order valence-corrected chi connectivity index (χ4v) is 4.20. The van der Waals surface area contributed by atoms with Crippen molar-refractivity contribution in [3.8, 4) is 16.9 Å². The summed E-state index contributed by atoms with van der Waals surface area (Å²) in [5.41, 5.74) is 2.88. The number of ether oxygens (including phenoxy) is 1. The van der Waals surface area contributed by atoms with Crippen LogP contribution in [0.4, 0.5) is 23.7 Å². The Kier molecular flexibility index (Phi) is 7.96. The Hall–Kier alpha value is -4.07. The van der Waals surface area contributed by atoms with Crippen molar-refractivity contribution < 1.29 is 27.5 Å². The maximum absolute atomic E-state index is 12.9. The molecule has 1 heterocycles. The zero-order valence-corrected chi connectivity index (χ0v) is 20.3. The van der Waals surface area contributed by atoms with Crippen LogP contribution in [-0.4, -0.2) is 23.4 Å². The fourth-order valence-electron chi connectivity index (χ4n) is 4.20. The van der Waals surface area contributed by atoms with Crippen LogP contribution in [-0.2, 0) is 23.9 Å². The molecule has 0 unspecified atom stereocenters. The number of para-hydroxylation sites is 1. The molecule has 3 aromatic carbocycles. The lowest BCUT2D eigenvalue weighted by Gasteiger charge is -2.29. The van der Waals surface area contributed by atoms with Crippen LogP contribution in [0.2, 0.25) is 0 Å². The molecule has 192 valence electrons. The molecule has 5 nitrogen and oxygen atoms in total. The van der Waals surface area contributed by atoms with E-state index in [0.29, 0.717) is 42.7 Å². The van der Waals surface area contributed by atoms with Crippen molar-refractivity contribution in [2.24, 2.45) is 0 Å². The molecule has 0 aromatic heterocycles. The first-order valence-corrected chi connectivity index (χ1v) is 12.0. The molecule has 4 rings (SSSR count). The number of hydrogen-bond donors (Lipinski definition) is 1. The average Bonchev–Trinajstić information content (AvgIpc) is 2.88. The number of benzene rings is 3. The van der Waals surface area contributed by atoms with Gasteiger partial charge in [-0.3, -0.25) is 10.1 Å². The topological polar surface area (TPSA) is 58.6 Å². The Labute approximate surface area is 213 Å². The summed E-state index contributed by atoms with van der Waals surface area (Å²) in [5, 5.41) is 2.72. The number of halogens is 3. The van der Waals surface area contributed by atoms with Gasteiger partial charge in [0.2, 0.25) is 5.91 Å². The maximum atomic E-state index is 12.9. The second-order valence-corrected chi connectivity index (χ2v) is 8.72. The van der Waals surface area contributed by atoms with Gasteiger partial charge in [-0.25, -0.2) is 4.79 Å². The highest BCUT2D eigenvalue weighted by Gasteiger charge is 2.30. The van der Waals surface area contributed by atoms with Gasteiger partial charge in [-0.15, -0.1) is 0 Å². The summed E-state index contributed by atoms with van der Waals surface area (Å²) in [4.78, 5) is 26.9. The Morgan fingerprint density at radius 2 is 1.76 bits per heavy atom. The second-order valence-electron chi connectivity index (χ2n) is 8.72. The molecule has 0 saturated carbocycles. The van der Waals surface area contributed by atoms with Crippen molar-refractivity contribution in [3.63, 3.8) is 0 Å². The molecule has 3 aromatic rings. The molecule has 0 atom stereocenters. The largest absolute Gasteiger partial charge is 0.417 e. The van der Waals surface area contributed by atoms with E-state index in [2.05, 4.69) is 5.32 Å². The van der Waals surface area contributed by atoms with Gasteiger partial charge >= 0.3 is 12.3 Å². The minimum atomic E-state index is -4.43. The molecular weight excluding hydrogens is 481 g/mol. The van der Waals surface area contributed by atoms with E-state index in [1.165, 1.54) is 12.1 Å². The number of alkyl halides is 3. The molecule has 8 heteroatoms. The molecule has 0 aliphatic carbocycles. The highest BCUT2D eigenvalue weighted by atomic mass is 19.4. The lowest BCUT2D eigenvalue weighted by molar-refractivity contribution is -0.137. The van der Waals surface area contributed by atoms with Gasteiger partial charge < -0.3 is 9.64 Å². The SMILES string of the molecule is CCC=CCC(=O)N1CCc2cc(NC(=O)Oc3ccccc3-c3ccc(C(F)(F)F)cc3)ccc2C1. The van der Waals surface area contributed by atoms with Crippen LogP contribution in [0.1, 0.15) is 36.5 Å². The number of carbonyl (C=O) groups excluding carboxylic acids is 2. The quantitative estimate of drug-likeness (QED) is 0.358. The first-order chi connectivity index (χ1) is 17.7. The van der Waals surface area contributed by atoms with Gasteiger partial charge in [-0.2, -0.15) is 13.2 Å². The molecule has 37 heavy (non-hydrogen) atoms. The molecule has 1 N–H and O–H groups in total. The van der Waals surface area contributed by atoms with E-state index in [0.717, 1.165) is 29.7 Å². The van der Waals surface area contributed by atoms with E-state index in [1.807, 2.05) is 36.1 Å². The summed E-state index contributed by atoms with van der Waals surface area (Å²) < 4.78 is 44.2. The molecule has 2 amide bonds. The normalized spacial score (nSPS) is 13.4. The van der Waals surface area contributed by atoms with Crippen LogP contribution < -0.4 is 10.1 Å². The number of hydrogen-bond acceptors (Lipinski definition) is 3. The number of amides is 2. The monoisotopic (exact) mass is 508 g/mol. The number of anilines is 1. The Morgan fingerprint density at radius 3 is 2.49 bits per heavy atom. The predicted octanol–water partition coefficient (Wildman–Crippen LogP) is 7.22. The van der Waals surface area contributed by atoms with E-state index in [9.17, 15) is 22.8 Å². The van der Waals surface area contributed by atoms with Gasteiger partial charge in [0, 0.05) is 30.8 Å². The Bertz CT molecular complexity index is 1300. The number of carbonyl (C=O) groups is 2. The van der Waals surface area contributed by atoms with Crippen molar-refractivity contribution in [1.82, 2.24) is 4.90 Å². The number of nitrogens with zero attached hydrogens (tertiary/aromatic N) is 1. The summed E-state index contributed by atoms with van der Waals surface area (Å²) in [6.45, 7) is 3.16. The van der Waals surface area contributed by atoms with Crippen molar-refractivity contribution in [2.45, 2.75) is 38.9 Å². The van der Waals surface area contributed by atoms with Gasteiger partial charge in [0.15, 0.2) is 0 Å². The molecular formula is C29H27F3N2O3. The van der Waals surface area contributed by atoms with Crippen molar-refractivity contribution in [3.05, 3.63) is 95.6 Å². The average molecular weight is 509 g/mol. The summed E-state index contributed by atoms with van der Waals surface area (Å²) in [6.07, 6.45) is 0.705. The fraction of sp³-hybridized carbons (Fsp3) is 0.241. The van der Waals surface area contributed by atoms with Gasteiger partial charge in [0.1, 0.15) is 5.75 Å². The Balaban J connectivity index is 1.41. The first-order valence-electron chi connectivity index (χ1n) is 12.0. The van der Waals surface area contributed by atoms with E-state index < -0.39 is 17.8 Å².